The second kappa shape index (κ2) is 4.92. The largest absolute Gasteiger partial charge is 0.469 e. The Hall–Kier alpha value is -0.650. The van der Waals surface area contributed by atoms with E-state index in [1.165, 1.54) is 7.11 Å². The van der Waals surface area contributed by atoms with Crippen LogP contribution < -0.4 is 0 Å². The molecule has 2 rings (SSSR count). The van der Waals surface area contributed by atoms with Crippen LogP contribution in [0.5, 0.6) is 0 Å². The molecule has 0 saturated carbocycles. The van der Waals surface area contributed by atoms with Crippen molar-refractivity contribution < 1.29 is 24.1 Å². The molecule has 0 aromatic heterocycles. The normalized spacial score (nSPS) is 27.4. The topological polar surface area (TPSA) is 65.0 Å². The predicted octanol–water partition coefficient (Wildman–Crippen LogP) is 0.498. The molecule has 2 aliphatic rings. The van der Waals surface area contributed by atoms with E-state index in [-0.39, 0.29) is 5.97 Å². The summed E-state index contributed by atoms with van der Waals surface area (Å²) in [5.74, 6) is -0.315. The first-order valence-corrected chi connectivity index (χ1v) is 6.11. The van der Waals surface area contributed by atoms with Crippen LogP contribution in [0, 0.1) is 5.41 Å². The molecule has 2 fully saturated rings. The van der Waals surface area contributed by atoms with Gasteiger partial charge in [0, 0.05) is 39.3 Å². The fourth-order valence-corrected chi connectivity index (χ4v) is 2.96. The molecule has 2 saturated heterocycles. The molecule has 98 valence electrons. The van der Waals surface area contributed by atoms with Crippen molar-refractivity contribution in [3.63, 3.8) is 0 Å². The van der Waals surface area contributed by atoms with Crippen LogP contribution in [0.1, 0.15) is 25.7 Å². The van der Waals surface area contributed by atoms with Crippen LogP contribution in [0.25, 0.3) is 0 Å². The summed E-state index contributed by atoms with van der Waals surface area (Å²) in [4.78, 5) is 12.1. The molecule has 0 atom stereocenters. The van der Waals surface area contributed by atoms with Crippen molar-refractivity contribution in [3.05, 3.63) is 0 Å². The van der Waals surface area contributed by atoms with E-state index in [9.17, 15) is 9.90 Å². The number of methoxy groups -OCH3 is 1. The van der Waals surface area contributed by atoms with Gasteiger partial charge in [0.25, 0.3) is 0 Å². The number of carbonyl (C=O) groups excluding carboxylic acids is 1. The minimum Gasteiger partial charge on any atom is -0.469 e. The summed E-state index contributed by atoms with van der Waals surface area (Å²) in [6.07, 6.45) is 2.02. The first kappa shape index (κ1) is 12.8. The SMILES string of the molecule is COC(=O)C1(C2(O)CCOCC2)CCOCC1. The third kappa shape index (κ3) is 2.07. The quantitative estimate of drug-likeness (QED) is 0.716. The van der Waals surface area contributed by atoms with Crippen LogP contribution >= 0.6 is 0 Å². The van der Waals surface area contributed by atoms with Crippen LogP contribution in [0.15, 0.2) is 0 Å². The van der Waals surface area contributed by atoms with E-state index in [4.69, 9.17) is 14.2 Å². The molecule has 0 spiro atoms. The van der Waals surface area contributed by atoms with Crippen LogP contribution in [0.2, 0.25) is 0 Å². The molecule has 0 radical (unpaired) electrons. The van der Waals surface area contributed by atoms with Gasteiger partial charge in [0.2, 0.25) is 0 Å². The number of esters is 1. The van der Waals surface area contributed by atoms with Crippen molar-refractivity contribution >= 4 is 5.97 Å². The van der Waals surface area contributed by atoms with Gasteiger partial charge in [0.05, 0.1) is 12.7 Å². The summed E-state index contributed by atoms with van der Waals surface area (Å²) in [7, 11) is 1.38. The molecule has 17 heavy (non-hydrogen) atoms. The van der Waals surface area contributed by atoms with Gasteiger partial charge in [-0.1, -0.05) is 0 Å². The van der Waals surface area contributed by atoms with Crippen molar-refractivity contribution in [1.29, 1.82) is 0 Å². The van der Waals surface area contributed by atoms with Gasteiger partial charge in [-0.15, -0.1) is 0 Å². The molecule has 0 aromatic carbocycles. The Bertz CT molecular complexity index is 277. The average molecular weight is 244 g/mol. The number of aliphatic hydroxyl groups is 1. The van der Waals surface area contributed by atoms with E-state index in [2.05, 4.69) is 0 Å². The molecular formula is C12H20O5. The molecule has 0 amide bonds. The molecule has 0 bridgehead atoms. The monoisotopic (exact) mass is 244 g/mol. The lowest BCUT2D eigenvalue weighted by molar-refractivity contribution is -0.202. The van der Waals surface area contributed by atoms with Crippen molar-refractivity contribution in [3.8, 4) is 0 Å². The number of ether oxygens (including phenoxy) is 3. The summed E-state index contributed by atoms with van der Waals surface area (Å²) >= 11 is 0. The Morgan fingerprint density at radius 1 is 1.06 bits per heavy atom. The van der Waals surface area contributed by atoms with Crippen molar-refractivity contribution in [2.24, 2.45) is 5.41 Å². The third-order valence-corrected chi connectivity index (χ3v) is 4.13. The van der Waals surface area contributed by atoms with E-state index in [0.29, 0.717) is 52.1 Å². The minimum atomic E-state index is -1.01. The lowest BCUT2D eigenvalue weighted by Crippen LogP contribution is -2.58. The van der Waals surface area contributed by atoms with Gasteiger partial charge in [-0.05, 0) is 12.8 Å². The molecule has 0 aliphatic carbocycles. The zero-order valence-corrected chi connectivity index (χ0v) is 10.2. The maximum atomic E-state index is 12.1. The van der Waals surface area contributed by atoms with E-state index in [0.717, 1.165) is 0 Å². The van der Waals surface area contributed by atoms with E-state index >= 15 is 0 Å². The average Bonchev–Trinajstić information content (AvgIpc) is 2.39. The lowest BCUT2D eigenvalue weighted by atomic mass is 9.63. The fraction of sp³-hybridized carbons (Fsp3) is 0.917. The summed E-state index contributed by atoms with van der Waals surface area (Å²) < 4.78 is 15.5. The number of carbonyl (C=O) groups is 1. The molecule has 0 aromatic rings. The summed E-state index contributed by atoms with van der Waals surface area (Å²) in [5.41, 5.74) is -1.83. The standard InChI is InChI=1S/C12H20O5/c1-15-10(13)11(2-6-16-7-3-11)12(14)4-8-17-9-5-12/h14H,2-9H2,1H3. The van der Waals surface area contributed by atoms with Gasteiger partial charge < -0.3 is 19.3 Å². The molecule has 2 heterocycles. The summed E-state index contributed by atoms with van der Waals surface area (Å²) in [6.45, 7) is 1.99. The van der Waals surface area contributed by atoms with Crippen LogP contribution in [-0.2, 0) is 19.0 Å². The molecule has 0 unspecified atom stereocenters. The van der Waals surface area contributed by atoms with Gasteiger partial charge in [0.1, 0.15) is 5.41 Å². The summed E-state index contributed by atoms with van der Waals surface area (Å²) in [6, 6.07) is 0. The Morgan fingerprint density at radius 2 is 1.53 bits per heavy atom. The fourth-order valence-electron chi connectivity index (χ4n) is 2.96. The van der Waals surface area contributed by atoms with Crippen LogP contribution in [0.4, 0.5) is 0 Å². The second-order valence-electron chi connectivity index (χ2n) is 4.83. The Labute approximate surface area is 101 Å². The van der Waals surface area contributed by atoms with Crippen molar-refractivity contribution in [1.82, 2.24) is 0 Å². The molecule has 5 nitrogen and oxygen atoms in total. The smallest absolute Gasteiger partial charge is 0.314 e. The third-order valence-electron chi connectivity index (χ3n) is 4.13. The zero-order valence-electron chi connectivity index (χ0n) is 10.2. The lowest BCUT2D eigenvalue weighted by Gasteiger charge is -2.48. The molecule has 5 heteroatoms. The van der Waals surface area contributed by atoms with Gasteiger partial charge in [-0.2, -0.15) is 0 Å². The zero-order chi connectivity index (χ0) is 12.4. The molecular weight excluding hydrogens is 224 g/mol. The van der Waals surface area contributed by atoms with Crippen LogP contribution in [0.3, 0.4) is 0 Å². The van der Waals surface area contributed by atoms with Gasteiger partial charge in [-0.25, -0.2) is 0 Å². The predicted molar refractivity (Wildman–Crippen MR) is 59.5 cm³/mol. The highest BCUT2D eigenvalue weighted by Gasteiger charge is 2.57. The molecule has 2 aliphatic heterocycles. The van der Waals surface area contributed by atoms with Crippen molar-refractivity contribution in [2.45, 2.75) is 31.3 Å². The highest BCUT2D eigenvalue weighted by atomic mass is 16.5. The van der Waals surface area contributed by atoms with Crippen molar-refractivity contribution in [2.75, 3.05) is 33.5 Å². The number of rotatable bonds is 2. The summed E-state index contributed by atoms with van der Waals surface area (Å²) in [5, 5.41) is 10.8. The van der Waals surface area contributed by atoms with Crippen LogP contribution in [-0.4, -0.2) is 50.2 Å². The maximum absolute atomic E-state index is 12.1. The number of hydrogen-bond donors (Lipinski definition) is 1. The minimum absolute atomic E-state index is 0.315. The van der Waals surface area contributed by atoms with Gasteiger partial charge >= 0.3 is 5.97 Å². The van der Waals surface area contributed by atoms with E-state index < -0.39 is 11.0 Å². The van der Waals surface area contributed by atoms with E-state index in [1.807, 2.05) is 0 Å². The molecule has 1 N–H and O–H groups in total. The first-order chi connectivity index (χ1) is 8.15. The van der Waals surface area contributed by atoms with Gasteiger partial charge in [-0.3, -0.25) is 4.79 Å². The Kier molecular flexibility index (Phi) is 3.70. The second-order valence-corrected chi connectivity index (χ2v) is 4.83. The Morgan fingerprint density at radius 3 is 2.00 bits per heavy atom. The van der Waals surface area contributed by atoms with E-state index in [1.54, 1.807) is 0 Å². The highest BCUT2D eigenvalue weighted by molar-refractivity contribution is 5.78. The van der Waals surface area contributed by atoms with Gasteiger partial charge in [0.15, 0.2) is 0 Å². The highest BCUT2D eigenvalue weighted by Crippen LogP contribution is 2.47. The number of hydrogen-bond acceptors (Lipinski definition) is 5. The Balaban J connectivity index is 2.27. The maximum Gasteiger partial charge on any atom is 0.314 e. The first-order valence-electron chi connectivity index (χ1n) is 6.11.